The first-order chi connectivity index (χ1) is 9.10. The first-order valence-electron chi connectivity index (χ1n) is 5.22. The molecular formula is C12H9F2N3OS. The summed E-state index contributed by atoms with van der Waals surface area (Å²) in [7, 11) is 0. The van der Waals surface area contributed by atoms with E-state index in [0.29, 0.717) is 11.4 Å². The Morgan fingerprint density at radius 1 is 1.16 bits per heavy atom. The van der Waals surface area contributed by atoms with Gasteiger partial charge >= 0.3 is 0 Å². The van der Waals surface area contributed by atoms with E-state index in [4.69, 9.17) is 0 Å². The Hall–Kier alpha value is -2.15. The minimum absolute atomic E-state index is 0.168. The topological polar surface area (TPSA) is 54.0 Å². The largest absolute Gasteiger partial charge is 0.322 e. The zero-order valence-corrected chi connectivity index (χ0v) is 10.4. The van der Waals surface area contributed by atoms with Crippen LogP contribution in [0, 0.1) is 11.6 Å². The Labute approximate surface area is 113 Å². The molecule has 0 spiro atoms. The molecule has 19 heavy (non-hydrogen) atoms. The van der Waals surface area contributed by atoms with Gasteiger partial charge in [-0.05, 0) is 24.3 Å². The van der Waals surface area contributed by atoms with Gasteiger partial charge in [-0.15, -0.1) is 0 Å². The minimum Gasteiger partial charge on any atom is -0.322 e. The van der Waals surface area contributed by atoms with Gasteiger partial charge in [0.25, 0.3) is 5.91 Å². The maximum Gasteiger partial charge on any atom is 0.255 e. The maximum absolute atomic E-state index is 13.0. The van der Waals surface area contributed by atoms with Crippen LogP contribution in [0.1, 0.15) is 10.4 Å². The summed E-state index contributed by atoms with van der Waals surface area (Å²) in [5.41, 5.74) is 0.484. The molecular weight excluding hydrogens is 272 g/mol. The molecule has 0 aliphatic rings. The van der Waals surface area contributed by atoms with Crippen molar-refractivity contribution in [3.05, 3.63) is 53.7 Å². The number of hydrogen-bond acceptors (Lipinski definition) is 4. The molecule has 0 bridgehead atoms. The van der Waals surface area contributed by atoms with Crippen LogP contribution in [0.15, 0.2) is 36.5 Å². The van der Waals surface area contributed by atoms with E-state index in [2.05, 4.69) is 27.8 Å². The van der Waals surface area contributed by atoms with Crippen molar-refractivity contribution in [2.75, 3.05) is 10.0 Å². The number of pyridine rings is 1. The van der Waals surface area contributed by atoms with E-state index in [0.717, 1.165) is 12.1 Å². The molecule has 0 atom stereocenters. The molecule has 0 radical (unpaired) electrons. The van der Waals surface area contributed by atoms with Gasteiger partial charge < -0.3 is 10.0 Å². The molecule has 0 aliphatic heterocycles. The number of nitrogens with zero attached hydrogens (tertiary/aromatic N) is 1. The van der Waals surface area contributed by atoms with Gasteiger partial charge in [-0.1, -0.05) is 12.8 Å². The first-order valence-corrected chi connectivity index (χ1v) is 5.67. The number of rotatable bonds is 3. The van der Waals surface area contributed by atoms with Crippen LogP contribution in [0.4, 0.5) is 20.3 Å². The number of halogens is 2. The number of thiol groups is 1. The van der Waals surface area contributed by atoms with Gasteiger partial charge in [0.05, 0.1) is 0 Å². The van der Waals surface area contributed by atoms with Crippen LogP contribution in [0.2, 0.25) is 0 Å². The molecule has 0 fully saturated rings. The van der Waals surface area contributed by atoms with E-state index in [-0.39, 0.29) is 5.69 Å². The lowest BCUT2D eigenvalue weighted by Gasteiger charge is -2.06. The molecule has 1 amide bonds. The Balaban J connectivity index is 2.18. The van der Waals surface area contributed by atoms with Crippen LogP contribution in [-0.4, -0.2) is 10.9 Å². The molecule has 4 nitrogen and oxygen atoms in total. The van der Waals surface area contributed by atoms with Gasteiger partial charge in [0.2, 0.25) is 0 Å². The maximum atomic E-state index is 13.0. The molecule has 1 heterocycles. The third kappa shape index (κ3) is 3.19. The summed E-state index contributed by atoms with van der Waals surface area (Å²) in [5.74, 6) is -2.05. The fourth-order valence-electron chi connectivity index (χ4n) is 1.41. The number of carbonyl (C=O) groups is 1. The monoisotopic (exact) mass is 281 g/mol. The standard InChI is InChI=1S/C12H9F2N3OS/c13-9-2-1-8(6-10(9)14)16-12(18)7-3-4-15-11(5-7)17-19/h1-6,19H,(H,15,17)(H,16,18). The third-order valence-corrected chi connectivity index (χ3v) is 2.54. The highest BCUT2D eigenvalue weighted by molar-refractivity contribution is 7.81. The lowest BCUT2D eigenvalue weighted by atomic mass is 10.2. The summed E-state index contributed by atoms with van der Waals surface area (Å²) in [4.78, 5) is 15.8. The van der Waals surface area contributed by atoms with E-state index in [1.807, 2.05) is 0 Å². The molecule has 98 valence electrons. The van der Waals surface area contributed by atoms with Gasteiger partial charge in [-0.3, -0.25) is 4.79 Å². The fourth-order valence-corrected chi connectivity index (χ4v) is 1.53. The number of nitrogens with one attached hydrogen (secondary N) is 2. The number of aromatic nitrogens is 1. The second-order valence-electron chi connectivity index (χ2n) is 3.62. The van der Waals surface area contributed by atoms with Crippen molar-refractivity contribution >= 4 is 30.2 Å². The highest BCUT2D eigenvalue weighted by Gasteiger charge is 2.09. The van der Waals surface area contributed by atoms with Gasteiger partial charge in [0, 0.05) is 23.5 Å². The highest BCUT2D eigenvalue weighted by Crippen LogP contribution is 2.15. The van der Waals surface area contributed by atoms with Crippen LogP contribution in [0.3, 0.4) is 0 Å². The van der Waals surface area contributed by atoms with Gasteiger partial charge in [0.1, 0.15) is 5.82 Å². The highest BCUT2D eigenvalue weighted by atomic mass is 32.1. The average molecular weight is 281 g/mol. The Kier molecular flexibility index (Phi) is 3.96. The molecule has 1 aromatic heterocycles. The summed E-state index contributed by atoms with van der Waals surface area (Å²) < 4.78 is 28.2. The molecule has 0 aliphatic carbocycles. The lowest BCUT2D eigenvalue weighted by molar-refractivity contribution is 0.102. The molecule has 0 saturated carbocycles. The Bertz CT molecular complexity index is 622. The normalized spacial score (nSPS) is 10.1. The van der Waals surface area contributed by atoms with Crippen LogP contribution >= 0.6 is 12.8 Å². The van der Waals surface area contributed by atoms with E-state index in [1.165, 1.54) is 24.4 Å². The predicted molar refractivity (Wildman–Crippen MR) is 71.2 cm³/mol. The zero-order chi connectivity index (χ0) is 13.8. The van der Waals surface area contributed by atoms with Crippen molar-refractivity contribution in [2.45, 2.75) is 0 Å². The van der Waals surface area contributed by atoms with Crippen molar-refractivity contribution in [2.24, 2.45) is 0 Å². The van der Waals surface area contributed by atoms with Crippen LogP contribution < -0.4 is 10.0 Å². The van der Waals surface area contributed by atoms with Crippen molar-refractivity contribution < 1.29 is 13.6 Å². The smallest absolute Gasteiger partial charge is 0.255 e. The minimum atomic E-state index is -1.02. The quantitative estimate of drug-likeness (QED) is 0.758. The number of benzene rings is 1. The molecule has 2 N–H and O–H groups in total. The van der Waals surface area contributed by atoms with Gasteiger partial charge in [0.15, 0.2) is 11.6 Å². The predicted octanol–water partition coefficient (Wildman–Crippen LogP) is 2.87. The zero-order valence-electron chi connectivity index (χ0n) is 9.52. The second-order valence-corrected chi connectivity index (χ2v) is 3.85. The van der Waals surface area contributed by atoms with E-state index < -0.39 is 17.5 Å². The van der Waals surface area contributed by atoms with Gasteiger partial charge in [-0.25, -0.2) is 13.8 Å². The van der Waals surface area contributed by atoms with Gasteiger partial charge in [-0.2, -0.15) is 0 Å². The molecule has 7 heteroatoms. The summed E-state index contributed by atoms with van der Waals surface area (Å²) in [6.45, 7) is 0. The van der Waals surface area contributed by atoms with Crippen LogP contribution in [0.5, 0.6) is 0 Å². The van der Waals surface area contributed by atoms with Crippen LogP contribution in [-0.2, 0) is 0 Å². The average Bonchev–Trinajstić information content (AvgIpc) is 2.43. The summed E-state index contributed by atoms with van der Waals surface area (Å²) in [5, 5.41) is 2.45. The Morgan fingerprint density at radius 3 is 2.63 bits per heavy atom. The van der Waals surface area contributed by atoms with Crippen molar-refractivity contribution in [3.8, 4) is 0 Å². The van der Waals surface area contributed by atoms with Crippen molar-refractivity contribution in [1.82, 2.24) is 4.98 Å². The number of anilines is 2. The molecule has 1 aromatic carbocycles. The number of amides is 1. The van der Waals surface area contributed by atoms with E-state index >= 15 is 0 Å². The summed E-state index contributed by atoms with van der Waals surface area (Å²) in [6.07, 6.45) is 1.43. The second kappa shape index (κ2) is 5.66. The first kappa shape index (κ1) is 13.3. The Morgan fingerprint density at radius 2 is 1.95 bits per heavy atom. The molecule has 2 aromatic rings. The van der Waals surface area contributed by atoms with E-state index in [1.54, 1.807) is 0 Å². The molecule has 2 rings (SSSR count). The number of carbonyl (C=O) groups excluding carboxylic acids is 1. The third-order valence-electron chi connectivity index (χ3n) is 2.31. The van der Waals surface area contributed by atoms with E-state index in [9.17, 15) is 13.6 Å². The molecule has 0 unspecified atom stereocenters. The summed E-state index contributed by atoms with van der Waals surface area (Å²) in [6, 6.07) is 6.09. The van der Waals surface area contributed by atoms with Crippen LogP contribution in [0.25, 0.3) is 0 Å². The molecule has 0 saturated heterocycles. The lowest BCUT2D eigenvalue weighted by Crippen LogP contribution is -2.12. The SMILES string of the molecule is O=C(Nc1ccc(F)c(F)c1)c1ccnc(NS)c1. The van der Waals surface area contributed by atoms with Crippen molar-refractivity contribution in [3.63, 3.8) is 0 Å². The summed E-state index contributed by atoms with van der Waals surface area (Å²) >= 11 is 3.81. The number of hydrogen-bond donors (Lipinski definition) is 3. The van der Waals surface area contributed by atoms with Crippen molar-refractivity contribution in [1.29, 1.82) is 0 Å². The fraction of sp³-hybridized carbons (Fsp3) is 0.